The summed E-state index contributed by atoms with van der Waals surface area (Å²) in [7, 11) is 0. The van der Waals surface area contributed by atoms with Gasteiger partial charge in [-0.15, -0.1) is 0 Å². The van der Waals surface area contributed by atoms with Crippen molar-refractivity contribution in [2.45, 2.75) is 44.6 Å². The zero-order chi connectivity index (χ0) is 14.8. The third-order valence-electron chi connectivity index (χ3n) is 4.76. The highest BCUT2D eigenvalue weighted by Gasteiger charge is 2.39. The highest BCUT2D eigenvalue weighted by molar-refractivity contribution is 5.97. The van der Waals surface area contributed by atoms with Crippen LogP contribution in [0.5, 0.6) is 5.75 Å². The van der Waals surface area contributed by atoms with Gasteiger partial charge in [0.2, 0.25) is 0 Å². The number of Topliss-reactive ketones (excluding diaryl/α,β-unsaturated/α-hetero) is 1. The molecule has 1 saturated heterocycles. The van der Waals surface area contributed by atoms with Crippen LogP contribution in [0.1, 0.15) is 48.9 Å². The van der Waals surface area contributed by atoms with Gasteiger partial charge in [0.25, 0.3) is 5.91 Å². The number of amides is 1. The summed E-state index contributed by atoms with van der Waals surface area (Å²) in [6.45, 7) is 0.682. The highest BCUT2D eigenvalue weighted by Crippen LogP contribution is 2.34. The van der Waals surface area contributed by atoms with E-state index >= 15 is 0 Å². The third kappa shape index (κ3) is 2.67. The Bertz CT molecular complexity index is 555. The SMILES string of the molecule is O=C1CCCCC1C1CCCN1C(=O)c1ccccc1O. The molecule has 1 aromatic rings. The van der Waals surface area contributed by atoms with E-state index in [0.717, 1.165) is 32.1 Å². The first kappa shape index (κ1) is 14.1. The van der Waals surface area contributed by atoms with Gasteiger partial charge in [-0.3, -0.25) is 9.59 Å². The lowest BCUT2D eigenvalue weighted by Gasteiger charge is -2.33. The van der Waals surface area contributed by atoms with Gasteiger partial charge < -0.3 is 10.0 Å². The van der Waals surface area contributed by atoms with Gasteiger partial charge >= 0.3 is 0 Å². The Morgan fingerprint density at radius 2 is 1.95 bits per heavy atom. The normalized spacial score (nSPS) is 26.1. The molecule has 4 heteroatoms. The second-order valence-electron chi connectivity index (χ2n) is 6.04. The second-order valence-corrected chi connectivity index (χ2v) is 6.04. The molecule has 112 valence electrons. The molecule has 1 aliphatic carbocycles. The smallest absolute Gasteiger partial charge is 0.257 e. The van der Waals surface area contributed by atoms with Crippen molar-refractivity contribution in [3.05, 3.63) is 29.8 Å². The van der Waals surface area contributed by atoms with Crippen LogP contribution in [0, 0.1) is 5.92 Å². The molecule has 0 radical (unpaired) electrons. The molecule has 3 rings (SSSR count). The number of carbonyl (C=O) groups is 2. The molecule has 2 atom stereocenters. The molecule has 0 bridgehead atoms. The van der Waals surface area contributed by atoms with Gasteiger partial charge in [0, 0.05) is 24.9 Å². The molecule has 1 heterocycles. The van der Waals surface area contributed by atoms with Crippen LogP contribution in [-0.4, -0.2) is 34.3 Å². The van der Waals surface area contributed by atoms with Crippen molar-refractivity contribution in [2.75, 3.05) is 6.54 Å². The molecule has 2 aliphatic rings. The topological polar surface area (TPSA) is 57.6 Å². The summed E-state index contributed by atoms with van der Waals surface area (Å²) in [5.74, 6) is 0.177. The summed E-state index contributed by atoms with van der Waals surface area (Å²) in [6, 6.07) is 6.66. The average Bonchev–Trinajstić information content (AvgIpc) is 2.97. The maximum atomic E-state index is 12.7. The number of para-hydroxylation sites is 1. The van der Waals surface area contributed by atoms with Gasteiger partial charge in [-0.1, -0.05) is 18.6 Å². The molecule has 1 amide bonds. The van der Waals surface area contributed by atoms with Gasteiger partial charge in [0.05, 0.1) is 5.56 Å². The zero-order valence-electron chi connectivity index (χ0n) is 12.1. The number of phenolic OH excluding ortho intramolecular Hbond substituents is 1. The average molecular weight is 287 g/mol. The van der Waals surface area contributed by atoms with Crippen LogP contribution < -0.4 is 0 Å². The number of hydrogen-bond acceptors (Lipinski definition) is 3. The zero-order valence-corrected chi connectivity index (χ0v) is 12.1. The molecular formula is C17H21NO3. The maximum Gasteiger partial charge on any atom is 0.257 e. The first-order valence-electron chi connectivity index (χ1n) is 7.80. The van der Waals surface area contributed by atoms with Crippen LogP contribution in [-0.2, 0) is 4.79 Å². The molecular weight excluding hydrogens is 266 g/mol. The van der Waals surface area contributed by atoms with E-state index in [1.54, 1.807) is 18.2 Å². The number of nitrogens with zero attached hydrogens (tertiary/aromatic N) is 1. The van der Waals surface area contributed by atoms with Crippen molar-refractivity contribution < 1.29 is 14.7 Å². The quantitative estimate of drug-likeness (QED) is 0.910. The molecule has 21 heavy (non-hydrogen) atoms. The first-order chi connectivity index (χ1) is 10.2. The van der Waals surface area contributed by atoms with Crippen molar-refractivity contribution in [2.24, 2.45) is 5.92 Å². The predicted molar refractivity (Wildman–Crippen MR) is 79.1 cm³/mol. The van der Waals surface area contributed by atoms with Crippen LogP contribution >= 0.6 is 0 Å². The molecule has 0 spiro atoms. The highest BCUT2D eigenvalue weighted by atomic mass is 16.3. The van der Waals surface area contributed by atoms with Crippen molar-refractivity contribution in [3.8, 4) is 5.75 Å². The number of carbonyl (C=O) groups excluding carboxylic acids is 2. The molecule has 2 unspecified atom stereocenters. The number of rotatable bonds is 2. The monoisotopic (exact) mass is 287 g/mol. The Balaban J connectivity index is 1.82. The summed E-state index contributed by atoms with van der Waals surface area (Å²) in [5, 5.41) is 9.88. The number of likely N-dealkylation sites (tertiary alicyclic amines) is 1. The molecule has 4 nitrogen and oxygen atoms in total. The van der Waals surface area contributed by atoms with E-state index in [-0.39, 0.29) is 23.6 Å². The van der Waals surface area contributed by atoms with Crippen LogP contribution in [0.25, 0.3) is 0 Å². The van der Waals surface area contributed by atoms with E-state index in [0.29, 0.717) is 24.3 Å². The van der Waals surface area contributed by atoms with Crippen molar-refractivity contribution >= 4 is 11.7 Å². The number of hydrogen-bond donors (Lipinski definition) is 1. The Labute approximate surface area is 124 Å². The lowest BCUT2D eigenvalue weighted by Crippen LogP contribution is -2.43. The summed E-state index contributed by atoms with van der Waals surface area (Å²) in [4.78, 5) is 26.7. The lowest BCUT2D eigenvalue weighted by molar-refractivity contribution is -0.126. The van der Waals surface area contributed by atoms with Crippen molar-refractivity contribution in [1.82, 2.24) is 4.90 Å². The van der Waals surface area contributed by atoms with Gasteiger partial charge in [0.1, 0.15) is 11.5 Å². The van der Waals surface area contributed by atoms with E-state index in [9.17, 15) is 14.7 Å². The standard InChI is InChI=1S/C17H21NO3/c19-15-9-3-1-6-12(15)14-8-5-11-18(14)17(21)13-7-2-4-10-16(13)20/h2,4,7,10,12,14,20H,1,3,5-6,8-9,11H2. The van der Waals surface area contributed by atoms with Crippen LogP contribution in [0.2, 0.25) is 0 Å². The van der Waals surface area contributed by atoms with E-state index < -0.39 is 0 Å². The molecule has 1 N–H and O–H groups in total. The minimum Gasteiger partial charge on any atom is -0.507 e. The van der Waals surface area contributed by atoms with E-state index in [2.05, 4.69) is 0 Å². The Morgan fingerprint density at radius 3 is 2.71 bits per heavy atom. The van der Waals surface area contributed by atoms with Crippen LogP contribution in [0.3, 0.4) is 0 Å². The Kier molecular flexibility index (Phi) is 3.95. The minimum atomic E-state index is -0.144. The first-order valence-corrected chi connectivity index (χ1v) is 7.80. The van der Waals surface area contributed by atoms with E-state index in [1.807, 2.05) is 4.90 Å². The maximum absolute atomic E-state index is 12.7. The summed E-state index contributed by atoms with van der Waals surface area (Å²) >= 11 is 0. The second kappa shape index (κ2) is 5.88. The van der Waals surface area contributed by atoms with Crippen LogP contribution in [0.15, 0.2) is 24.3 Å². The van der Waals surface area contributed by atoms with Gasteiger partial charge in [-0.2, -0.15) is 0 Å². The Hall–Kier alpha value is -1.84. The molecule has 2 fully saturated rings. The number of benzene rings is 1. The van der Waals surface area contributed by atoms with E-state index in [4.69, 9.17) is 0 Å². The summed E-state index contributed by atoms with van der Waals surface area (Å²) < 4.78 is 0. The molecule has 1 aliphatic heterocycles. The van der Waals surface area contributed by atoms with Gasteiger partial charge in [0.15, 0.2) is 0 Å². The molecule has 1 saturated carbocycles. The molecule has 0 aromatic heterocycles. The fourth-order valence-electron chi connectivity index (χ4n) is 3.69. The summed E-state index contributed by atoms with van der Waals surface area (Å²) in [5.41, 5.74) is 0.340. The fourth-order valence-corrected chi connectivity index (χ4v) is 3.69. The third-order valence-corrected chi connectivity index (χ3v) is 4.76. The van der Waals surface area contributed by atoms with Gasteiger partial charge in [-0.05, 0) is 37.8 Å². The van der Waals surface area contributed by atoms with E-state index in [1.165, 1.54) is 6.07 Å². The van der Waals surface area contributed by atoms with Crippen molar-refractivity contribution in [1.29, 1.82) is 0 Å². The minimum absolute atomic E-state index is 0.00365. The van der Waals surface area contributed by atoms with Crippen LogP contribution in [0.4, 0.5) is 0 Å². The lowest BCUT2D eigenvalue weighted by atomic mass is 9.81. The number of phenols is 1. The molecule has 1 aromatic carbocycles. The van der Waals surface area contributed by atoms with Gasteiger partial charge in [-0.25, -0.2) is 0 Å². The summed E-state index contributed by atoms with van der Waals surface area (Å²) in [6.07, 6.45) is 5.44. The number of ketones is 1. The largest absolute Gasteiger partial charge is 0.507 e. The predicted octanol–water partition coefficient (Wildman–Crippen LogP) is 2.76. The van der Waals surface area contributed by atoms with Crippen molar-refractivity contribution in [3.63, 3.8) is 0 Å². The fraction of sp³-hybridized carbons (Fsp3) is 0.529. The number of aromatic hydroxyl groups is 1. The Morgan fingerprint density at radius 1 is 1.14 bits per heavy atom.